The number of nitrogens with two attached hydrogens (primary N) is 1. The first-order valence-corrected chi connectivity index (χ1v) is 4.80. The van der Waals surface area contributed by atoms with Crippen molar-refractivity contribution in [1.29, 1.82) is 0 Å². The highest BCUT2D eigenvalue weighted by Crippen LogP contribution is 2.19. The lowest BCUT2D eigenvalue weighted by molar-refractivity contribution is 0.0132. The van der Waals surface area contributed by atoms with E-state index in [-0.39, 0.29) is 13.2 Å². The Bertz CT molecular complexity index is 344. The lowest BCUT2D eigenvalue weighted by atomic mass is 10.1. The molecule has 0 spiro atoms. The van der Waals surface area contributed by atoms with Crippen molar-refractivity contribution in [3.63, 3.8) is 0 Å². The Labute approximate surface area is 92.9 Å². The van der Waals surface area contributed by atoms with Gasteiger partial charge in [-0.25, -0.2) is 4.98 Å². The van der Waals surface area contributed by atoms with Crippen LogP contribution in [0.4, 0.5) is 11.5 Å². The Morgan fingerprint density at radius 2 is 2.33 bits per heavy atom. The fourth-order valence-corrected chi connectivity index (χ4v) is 1.10. The topological polar surface area (TPSA) is 91.4 Å². The molecular weight excluding hydrogens is 218 g/mol. The van der Waals surface area contributed by atoms with Crippen LogP contribution in [0.5, 0.6) is 0 Å². The maximum atomic E-state index is 9.52. The predicted octanol–water partition coefficient (Wildman–Crippen LogP) is 0.472. The molecule has 0 aliphatic carbocycles. The molecule has 1 aromatic rings. The summed E-state index contributed by atoms with van der Waals surface area (Å²) < 4.78 is 0. The molecule has 1 heterocycles. The molecule has 5 N–H and O–H groups in total. The molecule has 0 aliphatic heterocycles. The van der Waals surface area contributed by atoms with E-state index in [9.17, 15) is 5.11 Å². The number of pyridine rings is 1. The van der Waals surface area contributed by atoms with Gasteiger partial charge in [0.25, 0.3) is 0 Å². The number of nitrogens with one attached hydrogen (secondary N) is 1. The third kappa shape index (κ3) is 3.54. The lowest BCUT2D eigenvalue weighted by Gasteiger charge is -2.21. The molecule has 0 saturated carbocycles. The van der Waals surface area contributed by atoms with Crippen molar-refractivity contribution in [3.8, 4) is 0 Å². The van der Waals surface area contributed by atoms with Gasteiger partial charge in [0, 0.05) is 12.7 Å². The van der Waals surface area contributed by atoms with Crippen LogP contribution in [0, 0.1) is 0 Å². The third-order valence-corrected chi connectivity index (χ3v) is 2.07. The van der Waals surface area contributed by atoms with E-state index < -0.39 is 5.60 Å². The molecule has 6 heteroatoms. The van der Waals surface area contributed by atoms with Crippen LogP contribution in [0.1, 0.15) is 6.92 Å². The molecular formula is C9H14ClN3O2. The van der Waals surface area contributed by atoms with Crippen LogP contribution in [0.3, 0.4) is 0 Å². The van der Waals surface area contributed by atoms with Crippen LogP contribution in [-0.4, -0.2) is 33.9 Å². The predicted molar refractivity (Wildman–Crippen MR) is 59.9 cm³/mol. The Morgan fingerprint density at radius 1 is 1.67 bits per heavy atom. The minimum atomic E-state index is -1.20. The van der Waals surface area contributed by atoms with E-state index >= 15 is 0 Å². The number of aliphatic hydroxyl groups excluding tert-OH is 1. The third-order valence-electron chi connectivity index (χ3n) is 1.86. The van der Waals surface area contributed by atoms with Crippen LogP contribution < -0.4 is 11.1 Å². The smallest absolute Gasteiger partial charge is 0.149 e. The first-order chi connectivity index (χ1) is 6.94. The standard InChI is InChI=1S/C9H14ClN3O2/c1-9(15,5-14)4-13-8-7(11)2-6(10)3-12-8/h2-3,14-15H,4-5,11H2,1H3,(H,12,13). The molecule has 0 amide bonds. The summed E-state index contributed by atoms with van der Waals surface area (Å²) in [6.07, 6.45) is 1.45. The molecule has 1 atom stereocenters. The number of nitrogens with zero attached hydrogens (tertiary/aromatic N) is 1. The number of rotatable bonds is 4. The second-order valence-corrected chi connectivity index (χ2v) is 4.04. The van der Waals surface area contributed by atoms with E-state index in [1.54, 1.807) is 6.07 Å². The van der Waals surface area contributed by atoms with Crippen molar-refractivity contribution in [1.82, 2.24) is 4.98 Å². The summed E-state index contributed by atoms with van der Waals surface area (Å²) in [5, 5.41) is 21.6. The Morgan fingerprint density at radius 3 is 2.87 bits per heavy atom. The Balaban J connectivity index is 2.66. The van der Waals surface area contributed by atoms with Gasteiger partial charge in [0.05, 0.1) is 17.3 Å². The molecule has 0 radical (unpaired) electrons. The van der Waals surface area contributed by atoms with Gasteiger partial charge >= 0.3 is 0 Å². The molecule has 0 fully saturated rings. The van der Waals surface area contributed by atoms with E-state index in [0.29, 0.717) is 16.5 Å². The average Bonchev–Trinajstić information content (AvgIpc) is 2.16. The van der Waals surface area contributed by atoms with Gasteiger partial charge in [-0.2, -0.15) is 0 Å². The summed E-state index contributed by atoms with van der Waals surface area (Å²) in [6, 6.07) is 1.56. The highest BCUT2D eigenvalue weighted by Gasteiger charge is 2.18. The van der Waals surface area contributed by atoms with Crippen molar-refractivity contribution >= 4 is 23.1 Å². The number of hydrogen-bond donors (Lipinski definition) is 4. The van der Waals surface area contributed by atoms with Gasteiger partial charge < -0.3 is 21.3 Å². The van der Waals surface area contributed by atoms with E-state index in [1.807, 2.05) is 0 Å². The maximum absolute atomic E-state index is 9.52. The fourth-order valence-electron chi connectivity index (χ4n) is 0.933. The van der Waals surface area contributed by atoms with Gasteiger partial charge in [-0.3, -0.25) is 0 Å². The number of anilines is 2. The highest BCUT2D eigenvalue weighted by atomic mass is 35.5. The summed E-state index contributed by atoms with van der Waals surface area (Å²) in [4.78, 5) is 3.95. The SMILES string of the molecule is CC(O)(CO)CNc1ncc(Cl)cc1N. The van der Waals surface area contributed by atoms with Crippen molar-refractivity contribution < 1.29 is 10.2 Å². The van der Waals surface area contributed by atoms with Crippen molar-refractivity contribution in [2.75, 3.05) is 24.2 Å². The van der Waals surface area contributed by atoms with Crippen molar-refractivity contribution in [3.05, 3.63) is 17.3 Å². The zero-order chi connectivity index (χ0) is 11.5. The monoisotopic (exact) mass is 231 g/mol. The van der Waals surface area contributed by atoms with Gasteiger partial charge in [-0.05, 0) is 13.0 Å². The lowest BCUT2D eigenvalue weighted by Crippen LogP contribution is -2.37. The quantitative estimate of drug-likeness (QED) is 0.605. The summed E-state index contributed by atoms with van der Waals surface area (Å²) in [5.74, 6) is 0.438. The molecule has 1 aromatic heterocycles. The molecule has 0 bridgehead atoms. The van der Waals surface area contributed by atoms with Crippen molar-refractivity contribution in [2.45, 2.75) is 12.5 Å². The second kappa shape index (κ2) is 4.65. The van der Waals surface area contributed by atoms with E-state index in [0.717, 1.165) is 0 Å². The summed E-state index contributed by atoms with van der Waals surface area (Å²) >= 11 is 5.67. The zero-order valence-electron chi connectivity index (χ0n) is 8.37. The van der Waals surface area contributed by atoms with E-state index in [2.05, 4.69) is 10.3 Å². The maximum Gasteiger partial charge on any atom is 0.149 e. The van der Waals surface area contributed by atoms with Gasteiger partial charge in [-0.1, -0.05) is 11.6 Å². The van der Waals surface area contributed by atoms with Crippen LogP contribution >= 0.6 is 11.6 Å². The van der Waals surface area contributed by atoms with Gasteiger partial charge in [-0.15, -0.1) is 0 Å². The number of halogens is 1. The normalized spacial score (nSPS) is 14.7. The molecule has 15 heavy (non-hydrogen) atoms. The first kappa shape index (κ1) is 12.0. The minimum Gasteiger partial charge on any atom is -0.396 e. The van der Waals surface area contributed by atoms with Gasteiger partial charge in [0.15, 0.2) is 0 Å². The van der Waals surface area contributed by atoms with E-state index in [1.165, 1.54) is 13.1 Å². The molecule has 1 rings (SSSR count). The first-order valence-electron chi connectivity index (χ1n) is 4.43. The largest absolute Gasteiger partial charge is 0.396 e. The molecule has 0 aliphatic rings. The van der Waals surface area contributed by atoms with E-state index in [4.69, 9.17) is 22.4 Å². The van der Waals surface area contributed by atoms with Crippen molar-refractivity contribution in [2.24, 2.45) is 0 Å². The summed E-state index contributed by atoms with van der Waals surface area (Å²) in [5.41, 5.74) is 4.84. The highest BCUT2D eigenvalue weighted by molar-refractivity contribution is 6.30. The number of nitrogen functional groups attached to an aromatic ring is 1. The number of aromatic nitrogens is 1. The summed E-state index contributed by atoms with van der Waals surface area (Å²) in [7, 11) is 0. The average molecular weight is 232 g/mol. The van der Waals surface area contributed by atoms with Crippen LogP contribution in [0.25, 0.3) is 0 Å². The van der Waals surface area contributed by atoms with Crippen LogP contribution in [0.2, 0.25) is 5.02 Å². The fraction of sp³-hybridized carbons (Fsp3) is 0.444. The molecule has 0 aromatic carbocycles. The van der Waals surface area contributed by atoms with Gasteiger partial charge in [0.1, 0.15) is 11.4 Å². The second-order valence-electron chi connectivity index (χ2n) is 3.60. The minimum absolute atomic E-state index is 0.155. The number of hydrogen-bond acceptors (Lipinski definition) is 5. The molecule has 0 saturated heterocycles. The number of aliphatic hydroxyl groups is 2. The zero-order valence-corrected chi connectivity index (χ0v) is 9.12. The molecule has 1 unspecified atom stereocenters. The van der Waals surface area contributed by atoms with Gasteiger partial charge in [0.2, 0.25) is 0 Å². The summed E-state index contributed by atoms with van der Waals surface area (Å²) in [6.45, 7) is 1.32. The molecule has 5 nitrogen and oxygen atoms in total. The molecule has 84 valence electrons. The Kier molecular flexibility index (Phi) is 3.73. The Hall–Kier alpha value is -1.04. The van der Waals surface area contributed by atoms with Crippen LogP contribution in [-0.2, 0) is 0 Å². The van der Waals surface area contributed by atoms with Crippen LogP contribution in [0.15, 0.2) is 12.3 Å².